The smallest absolute Gasteiger partial charge is 0.410 e. The molecule has 6 rings (SSSR count). The third-order valence-corrected chi connectivity index (χ3v) is 13.2. The number of carbonyl (C=O) groups excluding carboxylic acids is 2. The lowest BCUT2D eigenvalue weighted by Gasteiger charge is -2.48. The Kier molecular flexibility index (Phi) is 12.9. The minimum Gasteiger partial charge on any atom is -0.410 e. The number of piperidine rings is 1. The van der Waals surface area contributed by atoms with Crippen molar-refractivity contribution in [2.24, 2.45) is 17.3 Å². The minimum absolute atomic E-state index is 0.0849. The summed E-state index contributed by atoms with van der Waals surface area (Å²) in [6.07, 6.45) is 12.2. The molecule has 1 amide bonds. The van der Waals surface area contributed by atoms with Crippen molar-refractivity contribution in [2.45, 2.75) is 122 Å². The molecule has 1 aromatic rings. The average Bonchev–Trinajstić information content (AvgIpc) is 3.38. The van der Waals surface area contributed by atoms with E-state index >= 15 is 0 Å². The van der Waals surface area contributed by atoms with Crippen molar-refractivity contribution in [3.63, 3.8) is 0 Å². The molecule has 260 valence electrons. The summed E-state index contributed by atoms with van der Waals surface area (Å²) in [5.41, 5.74) is 3.76. The molecular formula is C39H58B2N2O4S. The molecule has 2 heterocycles. The molecule has 0 aromatic heterocycles. The third-order valence-electron chi connectivity index (χ3n) is 12.0. The van der Waals surface area contributed by atoms with Crippen molar-refractivity contribution in [1.29, 1.82) is 0 Å². The number of allylic oxidation sites excluding steroid dienone is 1. The highest BCUT2D eigenvalue weighted by atomic mass is 32.2. The monoisotopic (exact) mass is 672 g/mol. The first-order chi connectivity index (χ1) is 22.9. The van der Waals surface area contributed by atoms with E-state index in [1.165, 1.54) is 22.5 Å². The number of nitrogens with zero attached hydrogens (tertiary/aromatic N) is 2. The van der Waals surface area contributed by atoms with Gasteiger partial charge in [0.1, 0.15) is 11.5 Å². The van der Waals surface area contributed by atoms with Crippen LogP contribution in [0.1, 0.15) is 114 Å². The number of carbonyl (C=O) groups is 2. The van der Waals surface area contributed by atoms with Gasteiger partial charge >= 0.3 is 6.09 Å². The van der Waals surface area contributed by atoms with E-state index in [9.17, 15) is 9.59 Å². The van der Waals surface area contributed by atoms with Crippen molar-refractivity contribution in [3.8, 4) is 5.75 Å². The highest BCUT2D eigenvalue weighted by molar-refractivity contribution is 8.03. The molecule has 4 fully saturated rings. The number of amides is 1. The van der Waals surface area contributed by atoms with Gasteiger partial charge in [-0.05, 0) is 116 Å². The number of rotatable bonds is 9. The van der Waals surface area contributed by atoms with Crippen LogP contribution >= 0.6 is 11.8 Å². The largest absolute Gasteiger partial charge is 0.415 e. The van der Waals surface area contributed by atoms with Gasteiger partial charge in [-0.15, -0.1) is 17.0 Å². The summed E-state index contributed by atoms with van der Waals surface area (Å²) < 4.78 is 11.5. The number of benzene rings is 1. The van der Waals surface area contributed by atoms with Crippen LogP contribution in [0.25, 0.3) is 0 Å². The van der Waals surface area contributed by atoms with Gasteiger partial charge in [0.15, 0.2) is 0 Å². The topological polar surface area (TPSA) is 59.1 Å². The number of fused-ring (bicyclic) bond motifs is 5. The fourth-order valence-electron chi connectivity index (χ4n) is 9.03. The van der Waals surface area contributed by atoms with Gasteiger partial charge in [0, 0.05) is 44.1 Å². The minimum atomic E-state index is -0.494. The van der Waals surface area contributed by atoms with E-state index in [0.717, 1.165) is 127 Å². The summed E-state index contributed by atoms with van der Waals surface area (Å²) in [4.78, 5) is 31.3. The lowest BCUT2D eigenvalue weighted by molar-refractivity contribution is -0.129. The SMILES string of the molecule is Cc1cc2c(cc1OC(=O)N1CCC(N3CCOCC3)CC1)CCC1C2CCC2(C)C(=O)CCC12.[B]C([B])(C)CCCCSC(=C)CC. The second kappa shape index (κ2) is 16.5. The Hall–Kier alpha value is -1.70. The number of hydrogen-bond donors (Lipinski definition) is 0. The Morgan fingerprint density at radius 2 is 1.81 bits per heavy atom. The Morgan fingerprint density at radius 3 is 2.50 bits per heavy atom. The van der Waals surface area contributed by atoms with E-state index in [1.807, 2.05) is 23.6 Å². The van der Waals surface area contributed by atoms with Crippen LogP contribution in [0.15, 0.2) is 23.6 Å². The molecule has 48 heavy (non-hydrogen) atoms. The molecule has 2 saturated carbocycles. The standard InChI is InChI=1S/C29H40N2O4.C10H18B2S/c1-19-17-24-20(3-4-23-22(24)7-10-29(2)25(23)5-6-27(29)32)18-26(19)35-28(33)31-11-8-21(9-12-31)30-13-15-34-16-14-30;1-4-9(2)13-8-6-5-7-10(3,11)12/h17-18,21-23,25H,3-16H2,1-2H3;2,4-8H2,1,3H3. The molecule has 0 spiro atoms. The molecule has 4 unspecified atom stereocenters. The van der Waals surface area contributed by atoms with Crippen LogP contribution in [-0.2, 0) is 16.0 Å². The van der Waals surface area contributed by atoms with E-state index in [0.29, 0.717) is 29.6 Å². The Bertz CT molecular complexity index is 1290. The van der Waals surface area contributed by atoms with Crippen molar-refractivity contribution in [3.05, 3.63) is 40.3 Å². The molecule has 4 atom stereocenters. The van der Waals surface area contributed by atoms with Crippen molar-refractivity contribution in [1.82, 2.24) is 9.80 Å². The fourth-order valence-corrected chi connectivity index (χ4v) is 9.88. The van der Waals surface area contributed by atoms with Gasteiger partial charge in [-0.1, -0.05) is 46.3 Å². The zero-order chi connectivity index (χ0) is 34.5. The Morgan fingerprint density at radius 1 is 1.08 bits per heavy atom. The van der Waals surface area contributed by atoms with E-state index < -0.39 is 5.21 Å². The van der Waals surface area contributed by atoms with Crippen LogP contribution in [0.2, 0.25) is 5.21 Å². The lowest BCUT2D eigenvalue weighted by atomic mass is 9.54. The third kappa shape index (κ3) is 9.15. The Balaban J connectivity index is 0.000000296. The summed E-state index contributed by atoms with van der Waals surface area (Å²) in [6, 6.07) is 4.99. The molecule has 6 nitrogen and oxygen atoms in total. The Labute approximate surface area is 297 Å². The van der Waals surface area contributed by atoms with E-state index in [-0.39, 0.29) is 11.5 Å². The molecule has 5 aliphatic rings. The number of hydrogen-bond acceptors (Lipinski definition) is 6. The van der Waals surface area contributed by atoms with Gasteiger partial charge in [0.25, 0.3) is 0 Å². The summed E-state index contributed by atoms with van der Waals surface area (Å²) in [6.45, 7) is 17.4. The summed E-state index contributed by atoms with van der Waals surface area (Å²) in [5.74, 6) is 4.07. The number of thioether (sulfide) groups is 1. The van der Waals surface area contributed by atoms with Gasteiger partial charge in [0.2, 0.25) is 0 Å². The average molecular weight is 673 g/mol. The number of aryl methyl sites for hydroxylation is 2. The van der Waals surface area contributed by atoms with Crippen molar-refractivity contribution in [2.75, 3.05) is 45.1 Å². The number of Topliss-reactive ketones (excluding diaryl/α,β-unsaturated/α-hetero) is 1. The number of likely N-dealkylation sites (tertiary alicyclic amines) is 1. The van der Waals surface area contributed by atoms with Crippen molar-refractivity contribution < 1.29 is 19.1 Å². The molecule has 9 heteroatoms. The first-order valence-corrected chi connectivity index (χ1v) is 19.7. The first-order valence-electron chi connectivity index (χ1n) is 18.7. The lowest BCUT2D eigenvalue weighted by Crippen LogP contribution is -2.50. The zero-order valence-electron chi connectivity index (χ0n) is 30.2. The van der Waals surface area contributed by atoms with Gasteiger partial charge in [-0.3, -0.25) is 9.69 Å². The molecular weight excluding hydrogens is 614 g/mol. The van der Waals surface area contributed by atoms with Crippen LogP contribution in [-0.4, -0.2) is 88.6 Å². The van der Waals surface area contributed by atoms with E-state index in [2.05, 4.69) is 44.4 Å². The van der Waals surface area contributed by atoms with Crippen LogP contribution in [0.5, 0.6) is 5.75 Å². The molecule has 2 saturated heterocycles. The van der Waals surface area contributed by atoms with E-state index in [4.69, 9.17) is 25.2 Å². The number of ketones is 1. The van der Waals surface area contributed by atoms with E-state index in [1.54, 1.807) is 0 Å². The second-order valence-electron chi connectivity index (χ2n) is 15.6. The molecule has 0 bridgehead atoms. The van der Waals surface area contributed by atoms with Crippen LogP contribution < -0.4 is 4.74 Å². The normalized spacial score (nSPS) is 27.7. The van der Waals surface area contributed by atoms with Crippen molar-refractivity contribution >= 4 is 39.3 Å². The summed E-state index contributed by atoms with van der Waals surface area (Å²) >= 11 is 1.85. The fraction of sp³-hybridized carbons (Fsp3) is 0.744. The van der Waals surface area contributed by atoms with Crippen LogP contribution in [0, 0.1) is 24.2 Å². The first kappa shape index (κ1) is 37.6. The van der Waals surface area contributed by atoms with Gasteiger partial charge in [-0.2, -0.15) is 0 Å². The van der Waals surface area contributed by atoms with Crippen LogP contribution in [0.4, 0.5) is 4.79 Å². The summed E-state index contributed by atoms with van der Waals surface area (Å²) in [7, 11) is 11.3. The molecule has 1 aromatic carbocycles. The quantitative estimate of drug-likeness (QED) is 0.196. The molecule has 0 N–H and O–H groups in total. The second-order valence-corrected chi connectivity index (χ2v) is 16.9. The maximum Gasteiger partial charge on any atom is 0.415 e. The predicted molar refractivity (Wildman–Crippen MR) is 199 cm³/mol. The molecule has 3 aliphatic carbocycles. The highest BCUT2D eigenvalue weighted by Crippen LogP contribution is 2.59. The molecule has 2 aliphatic heterocycles. The van der Waals surface area contributed by atoms with Gasteiger partial charge in [-0.25, -0.2) is 4.79 Å². The van der Waals surface area contributed by atoms with Gasteiger partial charge in [0.05, 0.1) is 28.9 Å². The maximum absolute atomic E-state index is 13.0. The maximum atomic E-state index is 13.0. The summed E-state index contributed by atoms with van der Waals surface area (Å²) in [5, 5.41) is -0.494. The highest BCUT2D eigenvalue weighted by Gasteiger charge is 2.54. The predicted octanol–water partition coefficient (Wildman–Crippen LogP) is 8.00. The van der Waals surface area contributed by atoms with Gasteiger partial charge < -0.3 is 14.4 Å². The molecule has 4 radical (unpaired) electrons. The van der Waals surface area contributed by atoms with Crippen LogP contribution in [0.3, 0.4) is 0 Å². The number of unbranched alkanes of at least 4 members (excludes halogenated alkanes) is 1. The number of morpholine rings is 1. The zero-order valence-corrected chi connectivity index (χ0v) is 31.0. The number of ether oxygens (including phenoxy) is 2.